The molecule has 0 aromatic carbocycles. The molecule has 2 heteroatoms. The summed E-state index contributed by atoms with van der Waals surface area (Å²) in [5.41, 5.74) is 1.26. The number of carbonyl (C=O) groups excluding carboxylic acids is 2. The summed E-state index contributed by atoms with van der Waals surface area (Å²) in [4.78, 5) is 25.0. The van der Waals surface area contributed by atoms with E-state index in [2.05, 4.69) is 6.92 Å². The number of rotatable bonds is 0. The molecule has 0 amide bonds. The van der Waals surface area contributed by atoms with Gasteiger partial charge in [0.1, 0.15) is 5.78 Å². The number of fused-ring (bicyclic) bond motifs is 5. The van der Waals surface area contributed by atoms with Crippen LogP contribution in [0.5, 0.6) is 0 Å². The molecule has 1 unspecified atom stereocenters. The number of Topliss-reactive ketones (excluding diaryl/α,β-unsaturated/α-hetero) is 1. The largest absolute Gasteiger partial charge is 0.299 e. The molecule has 20 heavy (non-hydrogen) atoms. The van der Waals surface area contributed by atoms with Gasteiger partial charge in [0.05, 0.1) is 0 Å². The molecule has 4 rings (SSSR count). The average molecular weight is 272 g/mol. The van der Waals surface area contributed by atoms with Gasteiger partial charge in [0.15, 0.2) is 5.78 Å². The lowest BCUT2D eigenvalue weighted by Crippen LogP contribution is -2.49. The fourth-order valence-electron chi connectivity index (χ4n) is 5.81. The van der Waals surface area contributed by atoms with Crippen molar-refractivity contribution in [1.82, 2.24) is 0 Å². The Bertz CT molecular complexity index is 504. The SMILES string of the molecule is C[C@]12CC[C@@H]3C4CCCCC4=CC(=O)[C@H]3[C@@H]1CCC2=O. The summed E-state index contributed by atoms with van der Waals surface area (Å²) in [7, 11) is 0. The minimum atomic E-state index is -0.184. The molecule has 0 aromatic rings. The van der Waals surface area contributed by atoms with E-state index in [9.17, 15) is 9.59 Å². The standard InChI is InChI=1S/C18H24O2/c1-18-9-8-13-12-5-3-2-4-11(12)10-15(19)17(13)14(18)6-7-16(18)20/h10,12-14,17H,2-9H2,1H3/t12?,13-,14+,17-,18+/m1/s1. The lowest BCUT2D eigenvalue weighted by molar-refractivity contribution is -0.136. The van der Waals surface area contributed by atoms with Crippen LogP contribution in [0.15, 0.2) is 11.6 Å². The van der Waals surface area contributed by atoms with Crippen molar-refractivity contribution in [3.8, 4) is 0 Å². The molecule has 0 radical (unpaired) electrons. The first-order chi connectivity index (χ1) is 9.61. The summed E-state index contributed by atoms with van der Waals surface area (Å²) < 4.78 is 0. The quantitative estimate of drug-likeness (QED) is 0.674. The van der Waals surface area contributed by atoms with Gasteiger partial charge >= 0.3 is 0 Å². The zero-order chi connectivity index (χ0) is 13.9. The second kappa shape index (κ2) is 4.29. The van der Waals surface area contributed by atoms with Gasteiger partial charge in [-0.25, -0.2) is 0 Å². The Morgan fingerprint density at radius 2 is 1.95 bits per heavy atom. The van der Waals surface area contributed by atoms with Crippen molar-refractivity contribution in [2.75, 3.05) is 0 Å². The van der Waals surface area contributed by atoms with Crippen molar-refractivity contribution in [2.24, 2.45) is 29.1 Å². The Hall–Kier alpha value is -0.920. The molecule has 5 atom stereocenters. The third-order valence-electron chi connectivity index (χ3n) is 6.91. The first kappa shape index (κ1) is 12.8. The van der Waals surface area contributed by atoms with Crippen molar-refractivity contribution in [3.63, 3.8) is 0 Å². The van der Waals surface area contributed by atoms with Gasteiger partial charge < -0.3 is 0 Å². The van der Waals surface area contributed by atoms with Gasteiger partial charge in [-0.1, -0.05) is 18.9 Å². The molecule has 108 valence electrons. The van der Waals surface area contributed by atoms with E-state index in [4.69, 9.17) is 0 Å². The Balaban J connectivity index is 1.73. The zero-order valence-corrected chi connectivity index (χ0v) is 12.4. The fourth-order valence-corrected chi connectivity index (χ4v) is 5.81. The van der Waals surface area contributed by atoms with Gasteiger partial charge in [0.25, 0.3) is 0 Å². The minimum Gasteiger partial charge on any atom is -0.299 e. The van der Waals surface area contributed by atoms with Crippen LogP contribution in [0.3, 0.4) is 0 Å². The molecule has 0 saturated heterocycles. The highest BCUT2D eigenvalue weighted by molar-refractivity contribution is 5.96. The minimum absolute atomic E-state index is 0.159. The van der Waals surface area contributed by atoms with E-state index in [1.54, 1.807) is 0 Å². The van der Waals surface area contributed by atoms with Crippen LogP contribution < -0.4 is 0 Å². The van der Waals surface area contributed by atoms with E-state index < -0.39 is 0 Å². The van der Waals surface area contributed by atoms with E-state index in [0.29, 0.717) is 35.7 Å². The van der Waals surface area contributed by atoms with Gasteiger partial charge in [-0.2, -0.15) is 0 Å². The lowest BCUT2D eigenvalue weighted by Gasteiger charge is -2.50. The Labute approximate surface area is 121 Å². The fraction of sp³-hybridized carbons (Fsp3) is 0.778. The number of allylic oxidation sites excluding steroid dienone is 2. The predicted octanol–water partition coefficient (Wildman–Crippen LogP) is 3.70. The molecule has 3 fully saturated rings. The summed E-state index contributed by atoms with van der Waals surface area (Å²) in [5, 5.41) is 0. The monoisotopic (exact) mass is 272 g/mol. The molecule has 3 saturated carbocycles. The summed E-state index contributed by atoms with van der Waals surface area (Å²) in [6.45, 7) is 2.14. The maximum atomic E-state index is 12.7. The molecular formula is C18H24O2. The molecule has 0 heterocycles. The van der Waals surface area contributed by atoms with E-state index in [1.165, 1.54) is 24.8 Å². The third kappa shape index (κ3) is 1.57. The molecule has 4 aliphatic rings. The average Bonchev–Trinajstić information content (AvgIpc) is 2.75. The summed E-state index contributed by atoms with van der Waals surface area (Å²) >= 11 is 0. The van der Waals surface area contributed by atoms with Crippen LogP contribution in [0.1, 0.15) is 58.3 Å². The topological polar surface area (TPSA) is 34.1 Å². The van der Waals surface area contributed by atoms with Crippen LogP contribution in [-0.2, 0) is 9.59 Å². The van der Waals surface area contributed by atoms with Crippen LogP contribution in [0.25, 0.3) is 0 Å². The number of carbonyl (C=O) groups is 2. The second-order valence-electron chi connectivity index (χ2n) is 7.69. The van der Waals surface area contributed by atoms with Crippen molar-refractivity contribution in [1.29, 1.82) is 0 Å². The highest BCUT2D eigenvalue weighted by Gasteiger charge is 2.57. The van der Waals surface area contributed by atoms with Crippen LogP contribution in [-0.4, -0.2) is 11.6 Å². The molecule has 0 N–H and O–H groups in total. The molecule has 2 nitrogen and oxygen atoms in total. The molecular weight excluding hydrogens is 248 g/mol. The first-order valence-corrected chi connectivity index (χ1v) is 8.39. The second-order valence-corrected chi connectivity index (χ2v) is 7.69. The summed E-state index contributed by atoms with van der Waals surface area (Å²) in [6.07, 6.45) is 10.8. The zero-order valence-electron chi connectivity index (χ0n) is 12.4. The smallest absolute Gasteiger partial charge is 0.159 e. The van der Waals surface area contributed by atoms with Crippen LogP contribution in [0.2, 0.25) is 0 Å². The molecule has 4 aliphatic carbocycles. The van der Waals surface area contributed by atoms with Gasteiger partial charge in [-0.15, -0.1) is 0 Å². The van der Waals surface area contributed by atoms with Crippen LogP contribution >= 0.6 is 0 Å². The molecule has 0 aliphatic heterocycles. The molecule has 0 aromatic heterocycles. The normalized spacial score (nSPS) is 47.4. The van der Waals surface area contributed by atoms with Gasteiger partial charge in [-0.3, -0.25) is 9.59 Å². The highest BCUT2D eigenvalue weighted by Crippen LogP contribution is 2.59. The lowest BCUT2D eigenvalue weighted by atomic mass is 9.53. The van der Waals surface area contributed by atoms with Crippen molar-refractivity contribution >= 4 is 11.6 Å². The van der Waals surface area contributed by atoms with Crippen LogP contribution in [0.4, 0.5) is 0 Å². The van der Waals surface area contributed by atoms with E-state index in [0.717, 1.165) is 25.7 Å². The first-order valence-electron chi connectivity index (χ1n) is 8.39. The number of hydrogen-bond acceptors (Lipinski definition) is 2. The Kier molecular flexibility index (Phi) is 2.74. The number of hydrogen-bond donors (Lipinski definition) is 0. The summed E-state index contributed by atoms with van der Waals surface area (Å²) in [6, 6.07) is 0. The molecule has 0 spiro atoms. The Morgan fingerprint density at radius 1 is 1.10 bits per heavy atom. The van der Waals surface area contributed by atoms with E-state index >= 15 is 0 Å². The van der Waals surface area contributed by atoms with Gasteiger partial charge in [-0.05, 0) is 62.4 Å². The highest BCUT2D eigenvalue weighted by atomic mass is 16.1. The van der Waals surface area contributed by atoms with E-state index in [-0.39, 0.29) is 11.3 Å². The van der Waals surface area contributed by atoms with E-state index in [1.807, 2.05) is 6.08 Å². The maximum Gasteiger partial charge on any atom is 0.159 e. The number of ketones is 2. The Morgan fingerprint density at radius 3 is 2.80 bits per heavy atom. The van der Waals surface area contributed by atoms with Crippen molar-refractivity contribution < 1.29 is 9.59 Å². The van der Waals surface area contributed by atoms with Crippen molar-refractivity contribution in [2.45, 2.75) is 58.3 Å². The maximum absolute atomic E-state index is 12.7. The summed E-state index contributed by atoms with van der Waals surface area (Å²) in [5.74, 6) is 2.48. The molecule has 0 bridgehead atoms. The van der Waals surface area contributed by atoms with Gasteiger partial charge in [0.2, 0.25) is 0 Å². The third-order valence-corrected chi connectivity index (χ3v) is 6.91. The van der Waals surface area contributed by atoms with Crippen LogP contribution in [0, 0.1) is 29.1 Å². The predicted molar refractivity (Wildman–Crippen MR) is 77.1 cm³/mol. The van der Waals surface area contributed by atoms with Gasteiger partial charge in [0, 0.05) is 17.8 Å². The van der Waals surface area contributed by atoms with Crippen molar-refractivity contribution in [3.05, 3.63) is 11.6 Å².